The predicted octanol–water partition coefficient (Wildman–Crippen LogP) is 4.30. The van der Waals surface area contributed by atoms with Gasteiger partial charge >= 0.3 is 5.69 Å². The standard InChI is InChI=1S/C32H31N3O6/c36-30-27-25(16-17-33-27)35(32(37)34-30)31-29(40-20-24-14-8-3-9-15-24)28(39-19-23-12-6-2-7-13-23)26(41-31)21-38-18-22-10-4-1-5-11-22/h1-17,26,28-29,31,33H,18-21H2,(H,34,36,37)/t26-,28-,29+,31-/m1/s1. The molecule has 4 atom stereocenters. The average Bonchev–Trinajstić information content (AvgIpc) is 3.62. The van der Waals surface area contributed by atoms with Crippen LogP contribution in [0.5, 0.6) is 0 Å². The normalized spacial score (nSPS) is 20.5. The lowest BCUT2D eigenvalue weighted by molar-refractivity contribution is -0.0916. The fourth-order valence-electron chi connectivity index (χ4n) is 5.16. The molecule has 0 saturated carbocycles. The average molecular weight is 554 g/mol. The van der Waals surface area contributed by atoms with E-state index in [1.807, 2.05) is 91.0 Å². The van der Waals surface area contributed by atoms with Crippen molar-refractivity contribution >= 4 is 11.0 Å². The highest BCUT2D eigenvalue weighted by Gasteiger charge is 2.48. The van der Waals surface area contributed by atoms with Gasteiger partial charge in [-0.3, -0.25) is 14.3 Å². The number of aromatic amines is 2. The highest BCUT2D eigenvalue weighted by Crippen LogP contribution is 2.35. The van der Waals surface area contributed by atoms with Crippen LogP contribution in [-0.4, -0.2) is 39.5 Å². The Labute approximate surface area is 236 Å². The lowest BCUT2D eigenvalue weighted by Crippen LogP contribution is -2.41. The highest BCUT2D eigenvalue weighted by molar-refractivity contribution is 5.74. The molecule has 9 heteroatoms. The van der Waals surface area contributed by atoms with Gasteiger partial charge in [0.15, 0.2) is 6.23 Å². The first-order valence-electron chi connectivity index (χ1n) is 13.6. The predicted molar refractivity (Wildman–Crippen MR) is 153 cm³/mol. The zero-order valence-corrected chi connectivity index (χ0v) is 22.3. The van der Waals surface area contributed by atoms with Crippen molar-refractivity contribution in [2.24, 2.45) is 0 Å². The molecule has 3 aromatic carbocycles. The van der Waals surface area contributed by atoms with Crippen molar-refractivity contribution in [1.29, 1.82) is 0 Å². The molecule has 0 bridgehead atoms. The monoisotopic (exact) mass is 553 g/mol. The van der Waals surface area contributed by atoms with Crippen LogP contribution in [0.3, 0.4) is 0 Å². The largest absolute Gasteiger partial charge is 0.374 e. The van der Waals surface area contributed by atoms with Gasteiger partial charge in [0.1, 0.15) is 23.8 Å². The minimum Gasteiger partial charge on any atom is -0.374 e. The number of fused-ring (bicyclic) bond motifs is 1. The Kier molecular flexibility index (Phi) is 8.20. The van der Waals surface area contributed by atoms with Crippen molar-refractivity contribution < 1.29 is 18.9 Å². The van der Waals surface area contributed by atoms with E-state index in [9.17, 15) is 9.59 Å². The van der Waals surface area contributed by atoms with Crippen LogP contribution in [0, 0.1) is 0 Å². The van der Waals surface area contributed by atoms with Crippen LogP contribution in [0.1, 0.15) is 22.9 Å². The van der Waals surface area contributed by atoms with E-state index in [0.717, 1.165) is 16.7 Å². The summed E-state index contributed by atoms with van der Waals surface area (Å²) >= 11 is 0. The zero-order valence-electron chi connectivity index (χ0n) is 22.3. The third-order valence-electron chi connectivity index (χ3n) is 7.16. The first-order chi connectivity index (χ1) is 20.2. The molecule has 5 aromatic rings. The van der Waals surface area contributed by atoms with Gasteiger partial charge < -0.3 is 23.9 Å². The van der Waals surface area contributed by atoms with Crippen molar-refractivity contribution in [1.82, 2.24) is 14.5 Å². The highest BCUT2D eigenvalue weighted by atomic mass is 16.6. The van der Waals surface area contributed by atoms with Crippen LogP contribution >= 0.6 is 0 Å². The molecule has 0 radical (unpaired) electrons. The van der Waals surface area contributed by atoms with Crippen LogP contribution in [0.15, 0.2) is 113 Å². The SMILES string of the molecule is O=c1[nH]c(=O)n([C@@H]2O[C@H](COCc3ccccc3)[C@@H](OCc3ccccc3)[C@@H]2OCc2ccccc2)c2cc[nH]c12. The third-order valence-corrected chi connectivity index (χ3v) is 7.16. The molecule has 2 aromatic heterocycles. The van der Waals surface area contributed by atoms with Gasteiger partial charge in [0.25, 0.3) is 5.56 Å². The molecular weight excluding hydrogens is 522 g/mol. The second-order valence-electron chi connectivity index (χ2n) is 9.96. The summed E-state index contributed by atoms with van der Waals surface area (Å²) in [5.74, 6) is 0. The van der Waals surface area contributed by atoms with Gasteiger partial charge in [-0.1, -0.05) is 91.0 Å². The summed E-state index contributed by atoms with van der Waals surface area (Å²) in [6, 6.07) is 31.2. The van der Waals surface area contributed by atoms with Crippen LogP contribution in [0.4, 0.5) is 0 Å². The molecule has 0 unspecified atom stereocenters. The molecule has 6 rings (SSSR count). The van der Waals surface area contributed by atoms with E-state index in [1.165, 1.54) is 4.57 Å². The van der Waals surface area contributed by atoms with Gasteiger partial charge in [0.2, 0.25) is 0 Å². The molecule has 9 nitrogen and oxygen atoms in total. The molecule has 1 saturated heterocycles. The number of hydrogen-bond acceptors (Lipinski definition) is 6. The second kappa shape index (κ2) is 12.5. The van der Waals surface area contributed by atoms with Crippen LogP contribution in [-0.2, 0) is 38.8 Å². The molecule has 1 aliphatic rings. The minimum absolute atomic E-state index is 0.213. The number of H-pyrrole nitrogens is 2. The Morgan fingerprint density at radius 2 is 1.27 bits per heavy atom. The van der Waals surface area contributed by atoms with Gasteiger partial charge in [-0.15, -0.1) is 0 Å². The fourth-order valence-corrected chi connectivity index (χ4v) is 5.16. The number of ether oxygens (including phenoxy) is 4. The summed E-state index contributed by atoms with van der Waals surface area (Å²) in [5.41, 5.74) is 2.61. The van der Waals surface area contributed by atoms with Gasteiger partial charge in [0.05, 0.1) is 31.9 Å². The molecule has 210 valence electrons. The third kappa shape index (κ3) is 6.08. The first-order valence-corrected chi connectivity index (χ1v) is 13.6. The molecule has 0 spiro atoms. The van der Waals surface area contributed by atoms with Crippen molar-refractivity contribution in [3.05, 3.63) is 141 Å². The number of nitrogens with one attached hydrogen (secondary N) is 2. The van der Waals surface area contributed by atoms with Gasteiger partial charge in [-0.25, -0.2) is 4.79 Å². The molecule has 1 aliphatic heterocycles. The molecule has 3 heterocycles. The summed E-state index contributed by atoms with van der Waals surface area (Å²) < 4.78 is 27.0. The van der Waals surface area contributed by atoms with Crippen LogP contribution in [0.25, 0.3) is 11.0 Å². The van der Waals surface area contributed by atoms with Gasteiger partial charge in [-0.2, -0.15) is 0 Å². The van der Waals surface area contributed by atoms with E-state index < -0.39 is 35.8 Å². The van der Waals surface area contributed by atoms with Crippen LogP contribution < -0.4 is 11.2 Å². The number of rotatable bonds is 11. The number of hydrogen-bond donors (Lipinski definition) is 2. The van der Waals surface area contributed by atoms with Gasteiger partial charge in [-0.05, 0) is 22.8 Å². The molecule has 41 heavy (non-hydrogen) atoms. The van der Waals surface area contributed by atoms with Crippen molar-refractivity contribution in [2.45, 2.75) is 44.4 Å². The van der Waals surface area contributed by atoms with Gasteiger partial charge in [0, 0.05) is 6.20 Å². The lowest BCUT2D eigenvalue weighted by atomic mass is 10.1. The summed E-state index contributed by atoms with van der Waals surface area (Å²) in [4.78, 5) is 31.0. The minimum atomic E-state index is -0.882. The molecule has 0 aliphatic carbocycles. The number of aromatic nitrogens is 3. The molecule has 1 fully saturated rings. The maximum absolute atomic E-state index is 13.2. The van der Waals surface area contributed by atoms with E-state index in [0.29, 0.717) is 18.7 Å². The van der Waals surface area contributed by atoms with Crippen molar-refractivity contribution in [3.8, 4) is 0 Å². The topological polar surface area (TPSA) is 108 Å². The second-order valence-corrected chi connectivity index (χ2v) is 9.96. The van der Waals surface area contributed by atoms with Crippen LogP contribution in [0.2, 0.25) is 0 Å². The molecular formula is C32H31N3O6. The Hall–Kier alpha value is -4.28. The molecule has 0 amide bonds. The van der Waals surface area contributed by atoms with Crippen molar-refractivity contribution in [2.75, 3.05) is 6.61 Å². The van der Waals surface area contributed by atoms with E-state index in [1.54, 1.807) is 12.3 Å². The zero-order chi connectivity index (χ0) is 28.0. The summed E-state index contributed by atoms with van der Waals surface area (Å²) in [7, 11) is 0. The smallest absolute Gasteiger partial charge is 0.331 e. The maximum atomic E-state index is 13.2. The Balaban J connectivity index is 1.34. The lowest BCUT2D eigenvalue weighted by Gasteiger charge is -2.26. The number of nitrogens with zero attached hydrogens (tertiary/aromatic N) is 1. The Bertz CT molecular complexity index is 1670. The van der Waals surface area contributed by atoms with E-state index in [-0.39, 0.29) is 18.7 Å². The fraction of sp³-hybridized carbons (Fsp3) is 0.250. The van der Waals surface area contributed by atoms with Crippen molar-refractivity contribution in [3.63, 3.8) is 0 Å². The Morgan fingerprint density at radius 1 is 0.707 bits per heavy atom. The first kappa shape index (κ1) is 26.9. The summed E-state index contributed by atoms with van der Waals surface area (Å²) in [6.07, 6.45) is -1.08. The summed E-state index contributed by atoms with van der Waals surface area (Å²) in [6.45, 7) is 1.21. The summed E-state index contributed by atoms with van der Waals surface area (Å²) in [5, 5.41) is 0. The van der Waals surface area contributed by atoms with E-state index in [2.05, 4.69) is 9.97 Å². The van der Waals surface area contributed by atoms with E-state index >= 15 is 0 Å². The number of benzene rings is 3. The quantitative estimate of drug-likeness (QED) is 0.253. The van der Waals surface area contributed by atoms with E-state index in [4.69, 9.17) is 18.9 Å². The molecule has 2 N–H and O–H groups in total. The Morgan fingerprint density at radius 3 is 1.88 bits per heavy atom. The maximum Gasteiger partial charge on any atom is 0.331 e.